The van der Waals surface area contributed by atoms with E-state index in [4.69, 9.17) is 0 Å². The summed E-state index contributed by atoms with van der Waals surface area (Å²) in [6, 6.07) is 0. The lowest BCUT2D eigenvalue weighted by atomic mass is 10.3. The van der Waals surface area contributed by atoms with Crippen LogP contribution in [-0.4, -0.2) is 52.7 Å². The van der Waals surface area contributed by atoms with Gasteiger partial charge in [-0.15, -0.1) is 0 Å². The predicted octanol–water partition coefficient (Wildman–Crippen LogP) is -0.892. The van der Waals surface area contributed by atoms with E-state index in [0.717, 1.165) is 32.0 Å². The van der Waals surface area contributed by atoms with Crippen molar-refractivity contribution in [1.82, 2.24) is 24.8 Å². The van der Waals surface area contributed by atoms with Gasteiger partial charge in [0.25, 0.3) is 0 Å². The van der Waals surface area contributed by atoms with Gasteiger partial charge in [-0.2, -0.15) is 9.97 Å². The van der Waals surface area contributed by atoms with Crippen LogP contribution in [0.25, 0.3) is 11.2 Å². The van der Waals surface area contributed by atoms with Crippen LogP contribution in [0, 0.1) is 0 Å². The first-order chi connectivity index (χ1) is 9.20. The molecule has 0 amide bonds. The van der Waals surface area contributed by atoms with Crippen LogP contribution in [0.15, 0.2) is 4.79 Å². The predicted molar refractivity (Wildman–Crippen MR) is 73.8 cm³/mol. The average Bonchev–Trinajstić information content (AvgIpc) is 2.74. The Morgan fingerprint density at radius 3 is 2.68 bits per heavy atom. The van der Waals surface area contributed by atoms with Gasteiger partial charge >= 0.3 is 5.69 Å². The summed E-state index contributed by atoms with van der Waals surface area (Å²) < 4.78 is 1.50. The van der Waals surface area contributed by atoms with Crippen molar-refractivity contribution in [3.05, 3.63) is 10.5 Å². The summed E-state index contributed by atoms with van der Waals surface area (Å²) in [5.74, 6) is 1.31. The highest BCUT2D eigenvalue weighted by molar-refractivity contribution is 5.84. The molecule has 0 bridgehead atoms. The number of nitrogens with one attached hydrogen (secondary N) is 3. The summed E-state index contributed by atoms with van der Waals surface area (Å²) in [6.07, 6.45) is 0. The van der Waals surface area contributed by atoms with Gasteiger partial charge in [-0.3, -0.25) is 4.57 Å². The number of fused-ring (bicyclic) bond motifs is 1. The van der Waals surface area contributed by atoms with Gasteiger partial charge in [-0.1, -0.05) is 0 Å². The number of piperazine rings is 1. The quantitative estimate of drug-likeness (QED) is 0.651. The van der Waals surface area contributed by atoms with Crippen LogP contribution in [-0.2, 0) is 7.05 Å². The van der Waals surface area contributed by atoms with E-state index < -0.39 is 0 Å². The van der Waals surface area contributed by atoms with Crippen LogP contribution in [0.1, 0.15) is 0 Å². The zero-order chi connectivity index (χ0) is 13.4. The van der Waals surface area contributed by atoms with E-state index in [9.17, 15) is 4.79 Å². The maximum atomic E-state index is 11.8. The molecule has 8 heteroatoms. The molecule has 1 saturated heterocycles. The molecule has 0 atom stereocenters. The summed E-state index contributed by atoms with van der Waals surface area (Å²) in [7, 11) is 3.47. The number of anilines is 2. The molecule has 102 valence electrons. The second-order valence-corrected chi connectivity index (χ2v) is 4.55. The Labute approximate surface area is 109 Å². The molecule has 3 N–H and O–H groups in total. The third-order valence-electron chi connectivity index (χ3n) is 3.37. The molecule has 0 aliphatic carbocycles. The lowest BCUT2D eigenvalue weighted by Crippen LogP contribution is -2.44. The van der Waals surface area contributed by atoms with Crippen molar-refractivity contribution in [1.29, 1.82) is 0 Å². The van der Waals surface area contributed by atoms with E-state index in [1.165, 1.54) is 4.57 Å². The third kappa shape index (κ3) is 1.93. The second-order valence-electron chi connectivity index (χ2n) is 4.55. The molecule has 0 aromatic carbocycles. The molecular formula is C11H17N7O. The number of imidazole rings is 1. The fraction of sp³-hybridized carbons (Fsp3) is 0.545. The summed E-state index contributed by atoms with van der Waals surface area (Å²) >= 11 is 0. The molecule has 0 unspecified atom stereocenters. The van der Waals surface area contributed by atoms with Crippen molar-refractivity contribution in [2.24, 2.45) is 7.05 Å². The van der Waals surface area contributed by atoms with Crippen LogP contribution in [0.2, 0.25) is 0 Å². The number of H-pyrrole nitrogens is 1. The number of aromatic amines is 1. The highest BCUT2D eigenvalue weighted by atomic mass is 16.1. The Bertz CT molecular complexity index is 653. The molecule has 2 aromatic rings. The number of aryl methyl sites for hydroxylation is 1. The van der Waals surface area contributed by atoms with E-state index in [1.54, 1.807) is 14.1 Å². The van der Waals surface area contributed by atoms with Gasteiger partial charge in [0.15, 0.2) is 11.5 Å². The minimum absolute atomic E-state index is 0.172. The molecule has 3 rings (SSSR count). The Hall–Kier alpha value is -2.09. The smallest absolute Gasteiger partial charge is 0.327 e. The highest BCUT2D eigenvalue weighted by Gasteiger charge is 2.19. The Balaban J connectivity index is 2.20. The van der Waals surface area contributed by atoms with Crippen LogP contribution in [0.4, 0.5) is 11.8 Å². The van der Waals surface area contributed by atoms with Crippen LogP contribution in [0.3, 0.4) is 0 Å². The molecule has 8 nitrogen and oxygen atoms in total. The maximum absolute atomic E-state index is 11.8. The van der Waals surface area contributed by atoms with Gasteiger partial charge in [-0.25, -0.2) is 4.79 Å². The zero-order valence-corrected chi connectivity index (χ0v) is 11.0. The van der Waals surface area contributed by atoms with Gasteiger partial charge in [0.2, 0.25) is 5.95 Å². The van der Waals surface area contributed by atoms with Crippen LogP contribution in [0.5, 0.6) is 0 Å². The van der Waals surface area contributed by atoms with E-state index >= 15 is 0 Å². The molecule has 1 aliphatic rings. The highest BCUT2D eigenvalue weighted by Crippen LogP contribution is 2.22. The molecule has 2 aromatic heterocycles. The summed E-state index contributed by atoms with van der Waals surface area (Å²) in [4.78, 5) is 25.6. The largest absolute Gasteiger partial charge is 0.357 e. The SMILES string of the molecule is CNc1nc(N2CCNCC2)c2[nH]c(=O)n(C)c2n1. The second kappa shape index (κ2) is 4.54. The van der Waals surface area contributed by atoms with Crippen molar-refractivity contribution in [3.8, 4) is 0 Å². The zero-order valence-electron chi connectivity index (χ0n) is 11.0. The topological polar surface area (TPSA) is 90.9 Å². The molecule has 3 heterocycles. The first-order valence-corrected chi connectivity index (χ1v) is 6.31. The number of nitrogens with zero attached hydrogens (tertiary/aromatic N) is 4. The third-order valence-corrected chi connectivity index (χ3v) is 3.37. The Kier molecular flexibility index (Phi) is 2.86. The van der Waals surface area contributed by atoms with E-state index in [1.807, 2.05) is 0 Å². The molecule has 0 saturated carbocycles. The van der Waals surface area contributed by atoms with E-state index in [2.05, 4.69) is 30.5 Å². The summed E-state index contributed by atoms with van der Waals surface area (Å²) in [5.41, 5.74) is 1.15. The van der Waals surface area contributed by atoms with Crippen molar-refractivity contribution in [2.45, 2.75) is 0 Å². The van der Waals surface area contributed by atoms with Crippen molar-refractivity contribution >= 4 is 22.9 Å². The summed E-state index contributed by atoms with van der Waals surface area (Å²) in [6.45, 7) is 3.56. The lowest BCUT2D eigenvalue weighted by molar-refractivity contribution is 0.586. The fourth-order valence-electron chi connectivity index (χ4n) is 2.30. The van der Waals surface area contributed by atoms with Crippen molar-refractivity contribution < 1.29 is 0 Å². The van der Waals surface area contributed by atoms with Gasteiger partial charge in [0.1, 0.15) is 5.52 Å². The van der Waals surface area contributed by atoms with Gasteiger partial charge < -0.3 is 20.5 Å². The van der Waals surface area contributed by atoms with Gasteiger partial charge in [0.05, 0.1) is 0 Å². The number of rotatable bonds is 2. The van der Waals surface area contributed by atoms with Crippen molar-refractivity contribution in [3.63, 3.8) is 0 Å². The molecule has 0 spiro atoms. The number of hydrogen-bond donors (Lipinski definition) is 3. The molecule has 1 aliphatic heterocycles. The first kappa shape index (κ1) is 12.0. The minimum Gasteiger partial charge on any atom is -0.357 e. The monoisotopic (exact) mass is 263 g/mol. The molecule has 19 heavy (non-hydrogen) atoms. The molecule has 1 fully saturated rings. The van der Waals surface area contributed by atoms with Crippen LogP contribution < -0.4 is 21.2 Å². The fourth-order valence-corrected chi connectivity index (χ4v) is 2.30. The summed E-state index contributed by atoms with van der Waals surface area (Å²) in [5, 5.41) is 6.24. The average molecular weight is 263 g/mol. The molecule has 0 radical (unpaired) electrons. The number of aromatic nitrogens is 4. The van der Waals surface area contributed by atoms with E-state index in [0.29, 0.717) is 17.1 Å². The maximum Gasteiger partial charge on any atom is 0.327 e. The standard InChI is InChI=1S/C11H17N7O/c1-12-10-15-8-7(14-11(19)17(8)2)9(16-10)18-5-3-13-4-6-18/h13H,3-6H2,1-2H3,(H,14,19)(H,12,15,16). The van der Waals surface area contributed by atoms with Gasteiger partial charge in [0, 0.05) is 40.3 Å². The minimum atomic E-state index is -0.172. The Morgan fingerprint density at radius 2 is 2.00 bits per heavy atom. The first-order valence-electron chi connectivity index (χ1n) is 6.31. The van der Waals surface area contributed by atoms with Gasteiger partial charge in [-0.05, 0) is 0 Å². The molecular weight excluding hydrogens is 246 g/mol. The Morgan fingerprint density at radius 1 is 1.26 bits per heavy atom. The van der Waals surface area contributed by atoms with Crippen molar-refractivity contribution in [2.75, 3.05) is 43.4 Å². The number of hydrogen-bond acceptors (Lipinski definition) is 6. The van der Waals surface area contributed by atoms with E-state index in [-0.39, 0.29) is 5.69 Å². The van der Waals surface area contributed by atoms with Crippen LogP contribution >= 0.6 is 0 Å². The lowest BCUT2D eigenvalue weighted by Gasteiger charge is -2.28. The normalized spacial score (nSPS) is 16.0.